The van der Waals surface area contributed by atoms with Gasteiger partial charge in [0, 0.05) is 16.2 Å². The van der Waals surface area contributed by atoms with E-state index < -0.39 is 0 Å². The highest BCUT2D eigenvalue weighted by atomic mass is 79.9. The van der Waals surface area contributed by atoms with E-state index in [1.54, 1.807) is 36.7 Å². The lowest BCUT2D eigenvalue weighted by molar-refractivity contribution is -0.113. The largest absolute Gasteiger partial charge is 0.431 e. The van der Waals surface area contributed by atoms with Crippen molar-refractivity contribution in [2.24, 2.45) is 0 Å². The first-order valence-electron chi connectivity index (χ1n) is 6.86. The Morgan fingerprint density at radius 3 is 2.67 bits per heavy atom. The highest BCUT2D eigenvalue weighted by Gasteiger charge is 2.10. The van der Waals surface area contributed by atoms with Gasteiger partial charge in [-0.05, 0) is 52.3 Å². The topological polar surface area (TPSA) is 68.0 Å². The minimum Gasteiger partial charge on any atom is -0.431 e. The zero-order valence-electron chi connectivity index (χ0n) is 12.2. The summed E-state index contributed by atoms with van der Waals surface area (Å²) in [6.45, 7) is 0. The summed E-state index contributed by atoms with van der Waals surface area (Å²) in [7, 11) is 0. The van der Waals surface area contributed by atoms with E-state index in [4.69, 9.17) is 4.42 Å². The van der Waals surface area contributed by atoms with Crippen LogP contribution >= 0.6 is 27.7 Å². The number of nitrogens with zero attached hydrogens (tertiary/aromatic N) is 2. The van der Waals surface area contributed by atoms with E-state index >= 15 is 0 Å². The molecule has 3 aromatic rings. The maximum Gasteiger partial charge on any atom is 0.256 e. The van der Waals surface area contributed by atoms with Gasteiger partial charge in [-0.25, -0.2) is 14.4 Å². The average molecular weight is 408 g/mol. The van der Waals surface area contributed by atoms with Crippen molar-refractivity contribution in [3.05, 3.63) is 59.1 Å². The zero-order chi connectivity index (χ0) is 16.9. The van der Waals surface area contributed by atoms with Gasteiger partial charge < -0.3 is 9.73 Å². The normalized spacial score (nSPS) is 10.6. The molecule has 0 radical (unpaired) electrons. The molecule has 1 amide bonds. The van der Waals surface area contributed by atoms with Gasteiger partial charge in [0.05, 0.1) is 11.9 Å². The number of nitrogens with one attached hydrogen (secondary N) is 1. The zero-order valence-corrected chi connectivity index (χ0v) is 14.6. The monoisotopic (exact) mass is 407 g/mol. The first kappa shape index (κ1) is 16.7. The third-order valence-corrected chi connectivity index (χ3v) is 4.25. The molecular formula is C16H11BrFN3O2S. The summed E-state index contributed by atoms with van der Waals surface area (Å²) >= 11 is 4.45. The van der Waals surface area contributed by atoms with Gasteiger partial charge in [-0.1, -0.05) is 11.8 Å². The molecule has 5 nitrogen and oxygen atoms in total. The number of pyridine rings is 1. The molecule has 0 atom stereocenters. The molecule has 1 N–H and O–H groups in total. The van der Waals surface area contributed by atoms with E-state index in [0.29, 0.717) is 16.8 Å². The van der Waals surface area contributed by atoms with Crippen molar-refractivity contribution in [2.45, 2.75) is 5.22 Å². The second kappa shape index (κ2) is 7.59. The van der Waals surface area contributed by atoms with E-state index in [1.807, 2.05) is 0 Å². The predicted octanol–water partition coefficient (Wildman–Crippen LogP) is 4.37. The molecule has 2 aromatic heterocycles. The Labute approximate surface area is 149 Å². The quantitative estimate of drug-likeness (QED) is 0.635. The molecule has 0 saturated carbocycles. The van der Waals surface area contributed by atoms with Crippen LogP contribution in [0.4, 0.5) is 10.2 Å². The van der Waals surface area contributed by atoms with Crippen molar-refractivity contribution in [3.63, 3.8) is 0 Å². The predicted molar refractivity (Wildman–Crippen MR) is 93.2 cm³/mol. The molecule has 0 spiro atoms. The number of oxazole rings is 1. The van der Waals surface area contributed by atoms with E-state index in [2.05, 4.69) is 31.2 Å². The number of rotatable bonds is 5. The Morgan fingerprint density at radius 1 is 1.17 bits per heavy atom. The lowest BCUT2D eigenvalue weighted by Gasteiger charge is -2.02. The van der Waals surface area contributed by atoms with Gasteiger partial charge in [-0.15, -0.1) is 0 Å². The third-order valence-electron chi connectivity index (χ3n) is 2.93. The van der Waals surface area contributed by atoms with Crippen LogP contribution in [-0.2, 0) is 4.79 Å². The number of halogens is 2. The minimum absolute atomic E-state index is 0.140. The van der Waals surface area contributed by atoms with Crippen LogP contribution in [0.3, 0.4) is 0 Å². The van der Waals surface area contributed by atoms with Crippen molar-refractivity contribution in [1.29, 1.82) is 0 Å². The summed E-state index contributed by atoms with van der Waals surface area (Å²) in [5, 5.41) is 3.05. The van der Waals surface area contributed by atoms with Crippen molar-refractivity contribution in [2.75, 3.05) is 11.1 Å². The Kier molecular flexibility index (Phi) is 5.27. The molecule has 0 aliphatic heterocycles. The fraction of sp³-hybridized carbons (Fsp3) is 0.0625. The smallest absolute Gasteiger partial charge is 0.256 e. The second-order valence-corrected chi connectivity index (χ2v) is 6.54. The molecule has 24 heavy (non-hydrogen) atoms. The molecule has 122 valence electrons. The standard InChI is InChI=1S/C16H11BrFN3O2S/c17-11-3-6-14(19-7-11)21-15(22)9-24-16-20-8-13(23-16)10-1-4-12(18)5-2-10/h1-8H,9H2,(H,19,21,22). The molecule has 8 heteroatoms. The van der Waals surface area contributed by atoms with Crippen LogP contribution in [0.5, 0.6) is 0 Å². The summed E-state index contributed by atoms with van der Waals surface area (Å²) < 4.78 is 19.3. The van der Waals surface area contributed by atoms with E-state index in [9.17, 15) is 9.18 Å². The lowest BCUT2D eigenvalue weighted by Crippen LogP contribution is -2.14. The van der Waals surface area contributed by atoms with Crippen LogP contribution < -0.4 is 5.32 Å². The number of carbonyl (C=O) groups excluding carboxylic acids is 1. The van der Waals surface area contributed by atoms with Gasteiger partial charge in [0.25, 0.3) is 5.22 Å². The van der Waals surface area contributed by atoms with Crippen molar-refractivity contribution in [3.8, 4) is 11.3 Å². The molecule has 0 saturated heterocycles. The van der Waals surface area contributed by atoms with Crippen molar-refractivity contribution >= 4 is 39.4 Å². The van der Waals surface area contributed by atoms with Crippen LogP contribution in [0.2, 0.25) is 0 Å². The van der Waals surface area contributed by atoms with Crippen LogP contribution in [-0.4, -0.2) is 21.6 Å². The highest BCUT2D eigenvalue weighted by Crippen LogP contribution is 2.25. The SMILES string of the molecule is O=C(CSc1ncc(-c2ccc(F)cc2)o1)Nc1ccc(Br)cn1. The fourth-order valence-electron chi connectivity index (χ4n) is 1.83. The number of thioether (sulfide) groups is 1. The molecule has 3 rings (SSSR count). The molecule has 0 aliphatic rings. The molecule has 0 fully saturated rings. The van der Waals surface area contributed by atoms with Gasteiger partial charge in [-0.2, -0.15) is 0 Å². The van der Waals surface area contributed by atoms with E-state index in [-0.39, 0.29) is 17.5 Å². The summed E-state index contributed by atoms with van der Waals surface area (Å²) in [5.41, 5.74) is 0.722. The Bertz CT molecular complexity index is 837. The number of hydrogen-bond donors (Lipinski definition) is 1. The molecule has 2 heterocycles. The molecule has 0 bridgehead atoms. The van der Waals surface area contributed by atoms with Crippen LogP contribution in [0.1, 0.15) is 0 Å². The average Bonchev–Trinajstić information content (AvgIpc) is 3.05. The summed E-state index contributed by atoms with van der Waals surface area (Å²) in [6.07, 6.45) is 3.15. The first-order valence-corrected chi connectivity index (χ1v) is 8.64. The highest BCUT2D eigenvalue weighted by molar-refractivity contribution is 9.10. The van der Waals surface area contributed by atoms with Crippen LogP contribution in [0.15, 0.2) is 62.9 Å². The Balaban J connectivity index is 1.56. The van der Waals surface area contributed by atoms with Gasteiger partial charge in [0.15, 0.2) is 5.76 Å². The van der Waals surface area contributed by atoms with Crippen molar-refractivity contribution in [1.82, 2.24) is 9.97 Å². The van der Waals surface area contributed by atoms with Crippen LogP contribution in [0, 0.1) is 5.82 Å². The number of amides is 1. The summed E-state index contributed by atoms with van der Waals surface area (Å²) in [6, 6.07) is 9.41. The summed E-state index contributed by atoms with van der Waals surface area (Å²) in [5.74, 6) is 0.610. The number of anilines is 1. The Morgan fingerprint density at radius 2 is 1.96 bits per heavy atom. The molecule has 0 aliphatic carbocycles. The minimum atomic E-state index is -0.314. The maximum atomic E-state index is 12.9. The molecular weight excluding hydrogens is 397 g/mol. The van der Waals surface area contributed by atoms with E-state index in [0.717, 1.165) is 10.0 Å². The number of hydrogen-bond acceptors (Lipinski definition) is 5. The van der Waals surface area contributed by atoms with Gasteiger partial charge in [-0.3, -0.25) is 4.79 Å². The van der Waals surface area contributed by atoms with Crippen LogP contribution in [0.25, 0.3) is 11.3 Å². The number of carbonyl (C=O) groups is 1. The van der Waals surface area contributed by atoms with E-state index in [1.165, 1.54) is 23.9 Å². The molecule has 1 aromatic carbocycles. The number of benzene rings is 1. The van der Waals surface area contributed by atoms with Gasteiger partial charge in [0.1, 0.15) is 11.6 Å². The lowest BCUT2D eigenvalue weighted by atomic mass is 10.2. The molecule has 0 unspecified atom stereocenters. The van der Waals surface area contributed by atoms with Crippen molar-refractivity contribution < 1.29 is 13.6 Å². The first-order chi connectivity index (χ1) is 11.6. The Hall–Kier alpha value is -2.19. The second-order valence-electron chi connectivity index (χ2n) is 4.70. The van der Waals surface area contributed by atoms with Gasteiger partial charge >= 0.3 is 0 Å². The number of aromatic nitrogens is 2. The third kappa shape index (κ3) is 4.42. The maximum absolute atomic E-state index is 12.9. The fourth-order valence-corrected chi connectivity index (χ4v) is 2.67. The summed E-state index contributed by atoms with van der Waals surface area (Å²) in [4.78, 5) is 20.1. The van der Waals surface area contributed by atoms with Gasteiger partial charge in [0.2, 0.25) is 5.91 Å².